The van der Waals surface area contributed by atoms with Crippen LogP contribution in [0.1, 0.15) is 18.4 Å². The van der Waals surface area contributed by atoms with E-state index in [-0.39, 0.29) is 17.7 Å². The number of rotatable bonds is 4. The van der Waals surface area contributed by atoms with Crippen LogP contribution in [0, 0.1) is 11.3 Å². The SMILES string of the molecule is NC(=O)[C@]12CCOC[C@H]1CN(C(=O)CCc1ccoc1)C2. The Morgan fingerprint density at radius 2 is 2.33 bits per heavy atom. The van der Waals surface area contributed by atoms with Gasteiger partial charge in [-0.05, 0) is 24.5 Å². The second-order valence-corrected chi connectivity index (χ2v) is 5.95. The molecular weight excluding hydrogens is 272 g/mol. The van der Waals surface area contributed by atoms with Gasteiger partial charge in [-0.2, -0.15) is 0 Å². The summed E-state index contributed by atoms with van der Waals surface area (Å²) in [7, 11) is 0. The van der Waals surface area contributed by atoms with Crippen molar-refractivity contribution in [3.63, 3.8) is 0 Å². The Bertz CT molecular complexity index is 528. The number of amides is 2. The maximum Gasteiger partial charge on any atom is 0.225 e. The van der Waals surface area contributed by atoms with E-state index in [2.05, 4.69) is 0 Å². The van der Waals surface area contributed by atoms with E-state index in [9.17, 15) is 9.59 Å². The van der Waals surface area contributed by atoms with Crippen molar-refractivity contribution in [1.29, 1.82) is 0 Å². The van der Waals surface area contributed by atoms with E-state index >= 15 is 0 Å². The molecule has 6 nitrogen and oxygen atoms in total. The Morgan fingerprint density at radius 3 is 3.00 bits per heavy atom. The average Bonchev–Trinajstić information content (AvgIpc) is 3.12. The Labute approximate surface area is 123 Å². The molecule has 1 aromatic rings. The summed E-state index contributed by atoms with van der Waals surface area (Å²) in [6.45, 7) is 2.04. The summed E-state index contributed by atoms with van der Waals surface area (Å²) in [4.78, 5) is 26.0. The molecule has 21 heavy (non-hydrogen) atoms. The van der Waals surface area contributed by atoms with Crippen LogP contribution in [0.3, 0.4) is 0 Å². The molecule has 0 radical (unpaired) electrons. The highest BCUT2D eigenvalue weighted by Gasteiger charge is 2.53. The van der Waals surface area contributed by atoms with Crippen LogP contribution in [0.15, 0.2) is 23.0 Å². The van der Waals surface area contributed by atoms with E-state index < -0.39 is 5.41 Å². The third kappa shape index (κ3) is 2.55. The summed E-state index contributed by atoms with van der Waals surface area (Å²) in [6, 6.07) is 1.86. The normalized spacial score (nSPS) is 28.4. The zero-order valence-electron chi connectivity index (χ0n) is 11.9. The van der Waals surface area contributed by atoms with Crippen molar-refractivity contribution in [3.8, 4) is 0 Å². The molecule has 6 heteroatoms. The van der Waals surface area contributed by atoms with E-state index in [1.165, 1.54) is 0 Å². The zero-order valence-corrected chi connectivity index (χ0v) is 11.9. The van der Waals surface area contributed by atoms with Gasteiger partial charge in [0.1, 0.15) is 0 Å². The molecule has 114 valence electrons. The van der Waals surface area contributed by atoms with Gasteiger partial charge in [-0.15, -0.1) is 0 Å². The van der Waals surface area contributed by atoms with Crippen LogP contribution in [0.2, 0.25) is 0 Å². The number of carbonyl (C=O) groups is 2. The lowest BCUT2D eigenvalue weighted by Crippen LogP contribution is -2.48. The van der Waals surface area contributed by atoms with Gasteiger partial charge in [0, 0.05) is 32.0 Å². The fourth-order valence-corrected chi connectivity index (χ4v) is 3.39. The minimum Gasteiger partial charge on any atom is -0.472 e. The second-order valence-electron chi connectivity index (χ2n) is 5.95. The molecule has 2 aliphatic rings. The van der Waals surface area contributed by atoms with Gasteiger partial charge in [0.05, 0.1) is 24.5 Å². The summed E-state index contributed by atoms with van der Waals surface area (Å²) in [5, 5.41) is 0. The summed E-state index contributed by atoms with van der Waals surface area (Å²) in [5.41, 5.74) is 6.03. The lowest BCUT2D eigenvalue weighted by Gasteiger charge is -2.34. The molecule has 0 aromatic carbocycles. The first-order valence-electron chi connectivity index (χ1n) is 7.28. The molecule has 0 spiro atoms. The van der Waals surface area contributed by atoms with Crippen molar-refractivity contribution in [1.82, 2.24) is 4.90 Å². The topological polar surface area (TPSA) is 85.8 Å². The Kier molecular flexibility index (Phi) is 3.71. The van der Waals surface area contributed by atoms with Gasteiger partial charge in [0.25, 0.3) is 0 Å². The maximum atomic E-state index is 12.4. The molecule has 2 saturated heterocycles. The van der Waals surface area contributed by atoms with Crippen LogP contribution in [-0.4, -0.2) is 43.0 Å². The Balaban J connectivity index is 1.64. The van der Waals surface area contributed by atoms with Crippen molar-refractivity contribution in [2.45, 2.75) is 19.3 Å². The van der Waals surface area contributed by atoms with E-state index in [0.717, 1.165) is 5.56 Å². The lowest BCUT2D eigenvalue weighted by molar-refractivity contribution is -0.136. The molecule has 0 saturated carbocycles. The summed E-state index contributed by atoms with van der Waals surface area (Å²) < 4.78 is 10.4. The van der Waals surface area contributed by atoms with Gasteiger partial charge in [-0.25, -0.2) is 0 Å². The van der Waals surface area contributed by atoms with Gasteiger partial charge in [0.15, 0.2) is 0 Å². The first-order chi connectivity index (χ1) is 10.1. The van der Waals surface area contributed by atoms with E-state index in [4.69, 9.17) is 14.9 Å². The quantitative estimate of drug-likeness (QED) is 0.878. The number of hydrogen-bond acceptors (Lipinski definition) is 4. The molecule has 2 atom stereocenters. The molecule has 0 bridgehead atoms. The summed E-state index contributed by atoms with van der Waals surface area (Å²) in [5.74, 6) is -0.214. The van der Waals surface area contributed by atoms with E-state index in [0.29, 0.717) is 45.6 Å². The number of nitrogens with two attached hydrogens (primary N) is 1. The monoisotopic (exact) mass is 292 g/mol. The first kappa shape index (κ1) is 14.1. The van der Waals surface area contributed by atoms with Gasteiger partial charge < -0.3 is 19.8 Å². The van der Waals surface area contributed by atoms with Crippen molar-refractivity contribution >= 4 is 11.8 Å². The first-order valence-corrected chi connectivity index (χ1v) is 7.28. The van der Waals surface area contributed by atoms with Crippen LogP contribution in [0.4, 0.5) is 0 Å². The van der Waals surface area contributed by atoms with E-state index in [1.807, 2.05) is 6.07 Å². The van der Waals surface area contributed by atoms with E-state index in [1.54, 1.807) is 17.4 Å². The maximum absolute atomic E-state index is 12.4. The van der Waals surface area contributed by atoms with Crippen LogP contribution < -0.4 is 5.73 Å². The second kappa shape index (κ2) is 5.52. The van der Waals surface area contributed by atoms with Crippen molar-refractivity contribution in [2.75, 3.05) is 26.3 Å². The summed E-state index contributed by atoms with van der Waals surface area (Å²) in [6.07, 6.45) is 4.93. The van der Waals surface area contributed by atoms with Crippen molar-refractivity contribution < 1.29 is 18.7 Å². The molecule has 2 N–H and O–H groups in total. The molecule has 2 amide bonds. The van der Waals surface area contributed by atoms with Crippen molar-refractivity contribution in [2.24, 2.45) is 17.1 Å². The van der Waals surface area contributed by atoms with Gasteiger partial charge >= 0.3 is 0 Å². The summed E-state index contributed by atoms with van der Waals surface area (Å²) >= 11 is 0. The van der Waals surface area contributed by atoms with Crippen LogP contribution >= 0.6 is 0 Å². The molecule has 3 heterocycles. The van der Waals surface area contributed by atoms with Gasteiger partial charge in [0.2, 0.25) is 11.8 Å². The highest BCUT2D eigenvalue weighted by molar-refractivity contribution is 5.84. The number of ether oxygens (including phenoxy) is 1. The van der Waals surface area contributed by atoms with Crippen molar-refractivity contribution in [3.05, 3.63) is 24.2 Å². The van der Waals surface area contributed by atoms with Crippen LogP contribution in [0.5, 0.6) is 0 Å². The third-order valence-corrected chi connectivity index (χ3v) is 4.76. The highest BCUT2D eigenvalue weighted by Crippen LogP contribution is 2.42. The predicted molar refractivity (Wildman–Crippen MR) is 74.2 cm³/mol. The Morgan fingerprint density at radius 1 is 1.48 bits per heavy atom. The molecule has 2 aliphatic heterocycles. The standard InChI is InChI=1S/C15H20N2O4/c16-14(19)15-4-6-21-9-12(15)7-17(10-15)13(18)2-1-11-3-5-20-8-11/h3,5,8,12H,1-2,4,6-7,9-10H2,(H2,16,19)/t12-,15+/m1/s1. The number of likely N-dealkylation sites (tertiary alicyclic amines) is 1. The van der Waals surface area contributed by atoms with Crippen LogP contribution in [-0.2, 0) is 20.7 Å². The number of nitrogens with zero attached hydrogens (tertiary/aromatic N) is 1. The number of carbonyl (C=O) groups excluding carboxylic acids is 2. The number of fused-ring (bicyclic) bond motifs is 1. The van der Waals surface area contributed by atoms with Crippen LogP contribution in [0.25, 0.3) is 0 Å². The Hall–Kier alpha value is -1.82. The molecule has 2 fully saturated rings. The fraction of sp³-hybridized carbons (Fsp3) is 0.600. The predicted octanol–water partition coefficient (Wildman–Crippen LogP) is 0.563. The smallest absolute Gasteiger partial charge is 0.225 e. The number of hydrogen-bond donors (Lipinski definition) is 1. The number of furan rings is 1. The number of aryl methyl sites for hydroxylation is 1. The zero-order chi connectivity index (χ0) is 14.9. The van der Waals surface area contributed by atoms with Gasteiger partial charge in [-0.3, -0.25) is 9.59 Å². The molecule has 3 rings (SSSR count). The third-order valence-electron chi connectivity index (χ3n) is 4.76. The largest absolute Gasteiger partial charge is 0.472 e. The highest BCUT2D eigenvalue weighted by atomic mass is 16.5. The molecule has 1 aromatic heterocycles. The molecule has 0 aliphatic carbocycles. The minimum atomic E-state index is -0.594. The fourth-order valence-electron chi connectivity index (χ4n) is 3.39. The molecular formula is C15H20N2O4. The molecule has 0 unspecified atom stereocenters. The minimum absolute atomic E-state index is 0.0293. The van der Waals surface area contributed by atoms with Gasteiger partial charge in [-0.1, -0.05) is 0 Å². The average molecular weight is 292 g/mol. The number of primary amides is 1. The lowest BCUT2D eigenvalue weighted by atomic mass is 9.74.